The fraction of sp³-hybridized carbons (Fsp3) is 0. The molecule has 2 N–H and O–H groups in total. The van der Waals surface area contributed by atoms with Gasteiger partial charge in [0, 0.05) is 41.0 Å². The van der Waals surface area contributed by atoms with Gasteiger partial charge in [0.2, 0.25) is 0 Å². The van der Waals surface area contributed by atoms with Gasteiger partial charge in [-0.05, 0) is 36.4 Å². The third-order valence-electron chi connectivity index (χ3n) is 3.12. The highest BCUT2D eigenvalue weighted by Gasteiger charge is 2.11. The van der Waals surface area contributed by atoms with Crippen molar-refractivity contribution in [1.29, 1.82) is 0 Å². The first-order valence-corrected chi connectivity index (χ1v) is 6.64. The van der Waals surface area contributed by atoms with Gasteiger partial charge in [-0.3, -0.25) is 9.97 Å². The number of hydrogen-bond acceptors (Lipinski definition) is 3. The van der Waals surface area contributed by atoms with Gasteiger partial charge < -0.3 is 5.73 Å². The van der Waals surface area contributed by atoms with Crippen molar-refractivity contribution in [3.63, 3.8) is 0 Å². The molecule has 21 heavy (non-hydrogen) atoms. The number of halogens is 2. The molecule has 3 aromatic rings. The minimum atomic E-state index is -0.366. The van der Waals surface area contributed by atoms with Crippen molar-refractivity contribution in [2.75, 3.05) is 5.73 Å². The number of rotatable bonds is 2. The van der Waals surface area contributed by atoms with Crippen LogP contribution in [-0.2, 0) is 0 Å². The molecule has 0 saturated carbocycles. The van der Waals surface area contributed by atoms with Crippen LogP contribution in [0.4, 0.5) is 10.1 Å². The Morgan fingerprint density at radius 3 is 2.67 bits per heavy atom. The predicted molar refractivity (Wildman–Crippen MR) is 82.3 cm³/mol. The number of benzene rings is 1. The zero-order valence-corrected chi connectivity index (χ0v) is 11.7. The summed E-state index contributed by atoms with van der Waals surface area (Å²) in [5.74, 6) is -0.366. The number of pyridine rings is 2. The predicted octanol–water partition coefficient (Wildman–Crippen LogP) is 4.19. The molecule has 1 aromatic carbocycles. The van der Waals surface area contributed by atoms with Crippen molar-refractivity contribution in [3.8, 4) is 22.4 Å². The van der Waals surface area contributed by atoms with Crippen molar-refractivity contribution < 1.29 is 4.39 Å². The summed E-state index contributed by atoms with van der Waals surface area (Å²) in [7, 11) is 0. The van der Waals surface area contributed by atoms with Crippen molar-refractivity contribution in [1.82, 2.24) is 9.97 Å². The molecule has 0 saturated heterocycles. The zero-order chi connectivity index (χ0) is 14.8. The minimum absolute atomic E-state index is 0.366. The van der Waals surface area contributed by atoms with Gasteiger partial charge in [0.15, 0.2) is 0 Å². The number of aromatic nitrogens is 2. The van der Waals surface area contributed by atoms with E-state index in [1.807, 2.05) is 12.1 Å². The van der Waals surface area contributed by atoms with Crippen LogP contribution in [0.15, 0.2) is 55.0 Å². The molecular formula is C16H11ClFN3. The molecule has 0 spiro atoms. The highest BCUT2D eigenvalue weighted by molar-refractivity contribution is 6.33. The number of anilines is 1. The lowest BCUT2D eigenvalue weighted by Gasteiger charge is -2.10. The summed E-state index contributed by atoms with van der Waals surface area (Å²) >= 11 is 6.19. The summed E-state index contributed by atoms with van der Waals surface area (Å²) in [4.78, 5) is 8.34. The SMILES string of the molecule is Nc1ccc(F)cc1-c1cc(-c2cccnc2)ncc1Cl. The first kappa shape index (κ1) is 13.5. The van der Waals surface area contributed by atoms with Crippen LogP contribution in [-0.4, -0.2) is 9.97 Å². The largest absolute Gasteiger partial charge is 0.398 e. The van der Waals surface area contributed by atoms with Gasteiger partial charge in [-0.15, -0.1) is 0 Å². The summed E-state index contributed by atoms with van der Waals surface area (Å²) in [5, 5.41) is 0.417. The van der Waals surface area contributed by atoms with Crippen LogP contribution in [0.25, 0.3) is 22.4 Å². The third kappa shape index (κ3) is 2.71. The molecule has 0 atom stereocenters. The van der Waals surface area contributed by atoms with E-state index in [0.717, 1.165) is 5.56 Å². The third-order valence-corrected chi connectivity index (χ3v) is 3.42. The number of hydrogen-bond donors (Lipinski definition) is 1. The molecule has 5 heteroatoms. The van der Waals surface area contributed by atoms with Crippen LogP contribution in [0.1, 0.15) is 0 Å². The first-order valence-electron chi connectivity index (χ1n) is 6.26. The van der Waals surface area contributed by atoms with Crippen molar-refractivity contribution in [2.45, 2.75) is 0 Å². The van der Waals surface area contributed by atoms with Crippen LogP contribution < -0.4 is 5.73 Å². The summed E-state index contributed by atoms with van der Waals surface area (Å²) in [5.41, 5.74) is 9.12. The van der Waals surface area contributed by atoms with E-state index < -0.39 is 0 Å². The normalized spacial score (nSPS) is 10.6. The summed E-state index contributed by atoms with van der Waals surface area (Å²) < 4.78 is 13.5. The van der Waals surface area contributed by atoms with Crippen molar-refractivity contribution in [3.05, 3.63) is 65.8 Å². The fourth-order valence-corrected chi connectivity index (χ4v) is 2.28. The lowest BCUT2D eigenvalue weighted by atomic mass is 10.0. The van der Waals surface area contributed by atoms with Crippen LogP contribution in [0, 0.1) is 5.82 Å². The number of nitrogen functional groups attached to an aromatic ring is 1. The highest BCUT2D eigenvalue weighted by Crippen LogP contribution is 2.34. The summed E-state index contributed by atoms with van der Waals surface area (Å²) in [6.45, 7) is 0. The molecule has 0 amide bonds. The average molecular weight is 300 g/mol. The molecule has 0 unspecified atom stereocenters. The van der Waals surface area contributed by atoms with E-state index in [4.69, 9.17) is 17.3 Å². The van der Waals surface area contributed by atoms with E-state index in [2.05, 4.69) is 9.97 Å². The molecule has 0 aliphatic carbocycles. The number of nitrogens with zero attached hydrogens (tertiary/aromatic N) is 2. The fourth-order valence-electron chi connectivity index (χ4n) is 2.08. The molecule has 0 fully saturated rings. The Hall–Kier alpha value is -2.46. The van der Waals surface area contributed by atoms with E-state index >= 15 is 0 Å². The van der Waals surface area contributed by atoms with E-state index in [-0.39, 0.29) is 5.82 Å². The summed E-state index contributed by atoms with van der Waals surface area (Å²) in [6.07, 6.45) is 4.92. The molecule has 3 nitrogen and oxygen atoms in total. The Bertz CT molecular complexity index is 791. The van der Waals surface area contributed by atoms with Gasteiger partial charge in [-0.25, -0.2) is 4.39 Å². The molecule has 2 heterocycles. The van der Waals surface area contributed by atoms with Gasteiger partial charge in [0.05, 0.1) is 10.7 Å². The monoisotopic (exact) mass is 299 g/mol. The Morgan fingerprint density at radius 1 is 1.05 bits per heavy atom. The van der Waals surface area contributed by atoms with E-state index in [1.54, 1.807) is 18.5 Å². The van der Waals surface area contributed by atoms with E-state index in [0.29, 0.717) is 27.5 Å². The van der Waals surface area contributed by atoms with Gasteiger partial charge in [-0.2, -0.15) is 0 Å². The van der Waals surface area contributed by atoms with Crippen LogP contribution in [0.3, 0.4) is 0 Å². The maximum atomic E-state index is 13.5. The maximum Gasteiger partial charge on any atom is 0.123 e. The second kappa shape index (κ2) is 5.50. The Kier molecular flexibility index (Phi) is 3.54. The van der Waals surface area contributed by atoms with Gasteiger partial charge in [0.25, 0.3) is 0 Å². The lowest BCUT2D eigenvalue weighted by molar-refractivity contribution is 0.628. The van der Waals surface area contributed by atoms with E-state index in [9.17, 15) is 4.39 Å². The van der Waals surface area contributed by atoms with Crippen LogP contribution >= 0.6 is 11.6 Å². The Morgan fingerprint density at radius 2 is 1.90 bits per heavy atom. The van der Waals surface area contributed by atoms with Crippen LogP contribution in [0.2, 0.25) is 5.02 Å². The van der Waals surface area contributed by atoms with Gasteiger partial charge >= 0.3 is 0 Å². The van der Waals surface area contributed by atoms with Gasteiger partial charge in [-0.1, -0.05) is 11.6 Å². The second-order valence-corrected chi connectivity index (χ2v) is 4.93. The Balaban J connectivity index is 2.17. The topological polar surface area (TPSA) is 51.8 Å². The molecule has 2 aromatic heterocycles. The minimum Gasteiger partial charge on any atom is -0.398 e. The molecule has 0 aliphatic heterocycles. The van der Waals surface area contributed by atoms with Crippen molar-refractivity contribution >= 4 is 17.3 Å². The molecular weight excluding hydrogens is 289 g/mol. The molecule has 104 valence electrons. The average Bonchev–Trinajstić information content (AvgIpc) is 2.51. The molecule has 0 radical (unpaired) electrons. The number of nitrogens with two attached hydrogens (primary N) is 1. The van der Waals surface area contributed by atoms with E-state index in [1.165, 1.54) is 24.4 Å². The quantitative estimate of drug-likeness (QED) is 0.722. The smallest absolute Gasteiger partial charge is 0.123 e. The van der Waals surface area contributed by atoms with Crippen molar-refractivity contribution in [2.24, 2.45) is 0 Å². The lowest BCUT2D eigenvalue weighted by Crippen LogP contribution is -1.93. The molecule has 3 rings (SSSR count). The first-order chi connectivity index (χ1) is 10.1. The van der Waals surface area contributed by atoms with Gasteiger partial charge in [0.1, 0.15) is 5.82 Å². The standard InChI is InChI=1S/C16H11ClFN3/c17-14-9-21-16(10-2-1-5-20-8-10)7-12(14)13-6-11(18)3-4-15(13)19/h1-9H,19H2. The highest BCUT2D eigenvalue weighted by atomic mass is 35.5. The maximum absolute atomic E-state index is 13.5. The second-order valence-electron chi connectivity index (χ2n) is 4.52. The molecule has 0 bridgehead atoms. The Labute approximate surface area is 126 Å². The zero-order valence-electron chi connectivity index (χ0n) is 10.9. The molecule has 0 aliphatic rings. The van der Waals surface area contributed by atoms with Crippen LogP contribution in [0.5, 0.6) is 0 Å². The summed E-state index contributed by atoms with van der Waals surface area (Å²) in [6, 6.07) is 9.69.